The largest absolute Gasteiger partial charge is 0.492 e. The van der Waals surface area contributed by atoms with Gasteiger partial charge in [0.05, 0.1) is 18.3 Å². The molecule has 0 unspecified atom stereocenters. The zero-order chi connectivity index (χ0) is 14.1. The molecule has 2 nitrogen and oxygen atoms in total. The maximum Gasteiger partial charge on any atom is 0.145 e. The zero-order valence-electron chi connectivity index (χ0n) is 10.9. The first-order valence-corrected chi connectivity index (χ1v) is 6.76. The summed E-state index contributed by atoms with van der Waals surface area (Å²) in [6, 6.07) is 12.0. The van der Waals surface area contributed by atoms with Crippen LogP contribution in [-0.2, 0) is 0 Å². The third kappa shape index (κ3) is 2.25. The smallest absolute Gasteiger partial charge is 0.145 e. The van der Waals surface area contributed by atoms with Crippen LogP contribution in [0.15, 0.2) is 48.7 Å². The molecule has 0 saturated heterocycles. The number of fused-ring (bicyclic) bond motifs is 1. The molecule has 3 aromatic rings. The molecule has 20 heavy (non-hydrogen) atoms. The van der Waals surface area contributed by atoms with E-state index in [0.29, 0.717) is 11.6 Å². The van der Waals surface area contributed by atoms with E-state index >= 15 is 0 Å². The molecule has 0 aliphatic carbocycles. The number of benzene rings is 2. The predicted octanol–water partition coefficient (Wildman–Crippen LogP) is 4.82. The van der Waals surface area contributed by atoms with E-state index in [1.807, 2.05) is 35.9 Å². The van der Waals surface area contributed by atoms with E-state index in [2.05, 4.69) is 0 Å². The Morgan fingerprint density at radius 2 is 1.90 bits per heavy atom. The summed E-state index contributed by atoms with van der Waals surface area (Å²) in [4.78, 5) is 0. The van der Waals surface area contributed by atoms with Crippen molar-refractivity contribution in [2.75, 3.05) is 6.61 Å². The normalized spacial score (nSPS) is 10.9. The van der Waals surface area contributed by atoms with Crippen molar-refractivity contribution in [1.82, 2.24) is 4.57 Å². The Morgan fingerprint density at radius 3 is 2.60 bits per heavy atom. The Hall–Kier alpha value is -2.00. The van der Waals surface area contributed by atoms with Crippen molar-refractivity contribution < 1.29 is 9.13 Å². The number of hydrogen-bond acceptors (Lipinski definition) is 1. The number of hydrogen-bond donors (Lipinski definition) is 0. The van der Waals surface area contributed by atoms with E-state index in [1.165, 1.54) is 12.1 Å². The fourth-order valence-corrected chi connectivity index (χ4v) is 2.43. The highest BCUT2D eigenvalue weighted by Crippen LogP contribution is 2.32. The van der Waals surface area contributed by atoms with Crippen LogP contribution >= 0.6 is 11.6 Å². The van der Waals surface area contributed by atoms with Crippen molar-refractivity contribution in [3.63, 3.8) is 0 Å². The highest BCUT2D eigenvalue weighted by Gasteiger charge is 2.11. The summed E-state index contributed by atoms with van der Waals surface area (Å²) in [6.07, 6.45) is 1.90. The van der Waals surface area contributed by atoms with Gasteiger partial charge in [0.1, 0.15) is 11.6 Å². The molecule has 0 aliphatic rings. The third-order valence-electron chi connectivity index (χ3n) is 3.13. The molecule has 0 amide bonds. The molecule has 0 bridgehead atoms. The molecule has 0 aliphatic heterocycles. The molecule has 0 fully saturated rings. The van der Waals surface area contributed by atoms with Crippen LogP contribution in [0.25, 0.3) is 16.6 Å². The second kappa shape index (κ2) is 5.17. The summed E-state index contributed by atoms with van der Waals surface area (Å²) in [6.45, 7) is 2.51. The van der Waals surface area contributed by atoms with Crippen LogP contribution in [0.3, 0.4) is 0 Å². The van der Waals surface area contributed by atoms with E-state index in [0.717, 1.165) is 22.3 Å². The molecule has 1 heterocycles. The van der Waals surface area contributed by atoms with Crippen molar-refractivity contribution in [2.45, 2.75) is 6.92 Å². The van der Waals surface area contributed by atoms with Crippen molar-refractivity contribution in [2.24, 2.45) is 0 Å². The molecular weight excluding hydrogens is 277 g/mol. The topological polar surface area (TPSA) is 14.2 Å². The van der Waals surface area contributed by atoms with E-state index in [9.17, 15) is 4.39 Å². The van der Waals surface area contributed by atoms with Crippen LogP contribution in [0.5, 0.6) is 5.75 Å². The molecule has 0 spiro atoms. The van der Waals surface area contributed by atoms with Gasteiger partial charge < -0.3 is 9.30 Å². The zero-order valence-corrected chi connectivity index (χ0v) is 11.7. The van der Waals surface area contributed by atoms with E-state index in [4.69, 9.17) is 16.3 Å². The first-order valence-electron chi connectivity index (χ1n) is 6.38. The Balaban J connectivity index is 2.22. The minimum Gasteiger partial charge on any atom is -0.492 e. The van der Waals surface area contributed by atoms with Crippen molar-refractivity contribution in [3.05, 3.63) is 59.5 Å². The molecule has 0 atom stereocenters. The number of nitrogens with zero attached hydrogens (tertiary/aromatic N) is 1. The van der Waals surface area contributed by atoms with Gasteiger partial charge >= 0.3 is 0 Å². The quantitative estimate of drug-likeness (QED) is 0.674. The Kier molecular flexibility index (Phi) is 3.36. The SMILES string of the molecule is CCOc1cn(-c2ccc(F)cc2)c2ccc(Cl)cc12. The fraction of sp³-hybridized carbons (Fsp3) is 0.125. The average Bonchev–Trinajstić information content (AvgIpc) is 2.78. The molecule has 102 valence electrons. The second-order valence-corrected chi connectivity index (χ2v) is 4.87. The second-order valence-electron chi connectivity index (χ2n) is 4.43. The highest BCUT2D eigenvalue weighted by molar-refractivity contribution is 6.31. The van der Waals surface area contributed by atoms with Gasteiger partial charge in [-0.2, -0.15) is 0 Å². The van der Waals surface area contributed by atoms with Crippen molar-refractivity contribution >= 4 is 22.5 Å². The minimum absolute atomic E-state index is 0.252. The van der Waals surface area contributed by atoms with Gasteiger partial charge in [-0.05, 0) is 49.4 Å². The standard InChI is InChI=1S/C16H13ClFNO/c1-2-20-16-10-19(13-6-4-12(18)5-7-13)15-8-3-11(17)9-14(15)16/h3-10H,2H2,1H3. The van der Waals surface area contributed by atoms with Gasteiger partial charge in [-0.1, -0.05) is 11.6 Å². The lowest BCUT2D eigenvalue weighted by Gasteiger charge is -2.04. The predicted molar refractivity (Wildman–Crippen MR) is 79.4 cm³/mol. The minimum atomic E-state index is -0.252. The maximum absolute atomic E-state index is 13.0. The third-order valence-corrected chi connectivity index (χ3v) is 3.37. The molecule has 0 saturated carbocycles. The Labute approximate surface area is 121 Å². The number of ether oxygens (including phenoxy) is 1. The molecule has 0 N–H and O–H groups in total. The first kappa shape index (κ1) is 13.0. The molecule has 0 radical (unpaired) electrons. The molecular formula is C16H13ClFNO. The Morgan fingerprint density at radius 1 is 1.15 bits per heavy atom. The van der Waals surface area contributed by atoms with Gasteiger partial charge in [0.2, 0.25) is 0 Å². The van der Waals surface area contributed by atoms with Crippen LogP contribution in [0.1, 0.15) is 6.92 Å². The summed E-state index contributed by atoms with van der Waals surface area (Å²) in [7, 11) is 0. The molecule has 2 aromatic carbocycles. The van der Waals surface area contributed by atoms with Gasteiger partial charge in [-0.25, -0.2) is 4.39 Å². The van der Waals surface area contributed by atoms with Crippen molar-refractivity contribution in [1.29, 1.82) is 0 Å². The first-order chi connectivity index (χ1) is 9.69. The van der Waals surface area contributed by atoms with E-state index in [-0.39, 0.29) is 5.82 Å². The van der Waals surface area contributed by atoms with E-state index < -0.39 is 0 Å². The van der Waals surface area contributed by atoms with Crippen LogP contribution in [0.2, 0.25) is 5.02 Å². The number of halogens is 2. The van der Waals surface area contributed by atoms with Crippen LogP contribution in [0.4, 0.5) is 4.39 Å². The summed E-state index contributed by atoms with van der Waals surface area (Å²) >= 11 is 6.05. The van der Waals surface area contributed by atoms with E-state index in [1.54, 1.807) is 12.1 Å². The van der Waals surface area contributed by atoms with Gasteiger partial charge in [0, 0.05) is 16.1 Å². The summed E-state index contributed by atoms with van der Waals surface area (Å²) in [5.41, 5.74) is 1.86. The maximum atomic E-state index is 13.0. The van der Waals surface area contributed by atoms with Gasteiger partial charge in [-0.15, -0.1) is 0 Å². The van der Waals surface area contributed by atoms with Crippen LogP contribution < -0.4 is 4.74 Å². The van der Waals surface area contributed by atoms with Crippen molar-refractivity contribution in [3.8, 4) is 11.4 Å². The lowest BCUT2D eigenvalue weighted by molar-refractivity contribution is 0.344. The summed E-state index contributed by atoms with van der Waals surface area (Å²) in [5.74, 6) is 0.521. The number of aromatic nitrogens is 1. The summed E-state index contributed by atoms with van der Waals surface area (Å²) < 4.78 is 20.7. The van der Waals surface area contributed by atoms with Gasteiger partial charge in [0.15, 0.2) is 0 Å². The summed E-state index contributed by atoms with van der Waals surface area (Å²) in [5, 5.41) is 1.61. The van der Waals surface area contributed by atoms with Crippen LogP contribution in [0, 0.1) is 5.82 Å². The van der Waals surface area contributed by atoms with Gasteiger partial charge in [-0.3, -0.25) is 0 Å². The lowest BCUT2D eigenvalue weighted by Crippen LogP contribution is -1.92. The molecule has 1 aromatic heterocycles. The molecule has 3 rings (SSSR count). The monoisotopic (exact) mass is 289 g/mol. The fourth-order valence-electron chi connectivity index (χ4n) is 2.26. The van der Waals surface area contributed by atoms with Gasteiger partial charge in [0.25, 0.3) is 0 Å². The Bertz CT molecular complexity index is 749. The number of rotatable bonds is 3. The highest BCUT2D eigenvalue weighted by atomic mass is 35.5. The lowest BCUT2D eigenvalue weighted by atomic mass is 10.2. The van der Waals surface area contributed by atoms with Crippen LogP contribution in [-0.4, -0.2) is 11.2 Å². The average molecular weight is 290 g/mol. The molecule has 4 heteroatoms.